The summed E-state index contributed by atoms with van der Waals surface area (Å²) in [5.41, 5.74) is 13.9. The topological polar surface area (TPSA) is 13.1 Å². The average molecular weight is 811 g/mol. The largest absolute Gasteiger partial charge is 0.456 e. The van der Waals surface area contributed by atoms with E-state index >= 15 is 0 Å². The van der Waals surface area contributed by atoms with Crippen LogP contribution in [0.15, 0.2) is 235 Å². The lowest BCUT2D eigenvalue weighted by Crippen LogP contribution is -2.29. The molecular weight excluding hydrogens is 773 g/mol. The number of hydrogen-bond donors (Lipinski definition) is 0. The van der Waals surface area contributed by atoms with Gasteiger partial charge in [0.2, 0.25) is 0 Å². The van der Waals surface area contributed by atoms with Crippen LogP contribution < -0.4 is 0 Å². The molecule has 0 spiro atoms. The molecule has 1 aromatic heterocycles. The summed E-state index contributed by atoms with van der Waals surface area (Å²) < 4.78 is 6.32. The average Bonchev–Trinajstić information content (AvgIpc) is 3.90. The maximum absolute atomic E-state index is 6.32. The van der Waals surface area contributed by atoms with Crippen LogP contribution in [0.5, 0.6) is 0 Å². The molecule has 0 atom stereocenters. The van der Waals surface area contributed by atoms with Crippen LogP contribution in [0.25, 0.3) is 109 Å². The number of rotatable bonds is 4. The molecule has 0 unspecified atom stereocenters. The first-order chi connectivity index (χ1) is 31.8. The van der Waals surface area contributed by atoms with Crippen molar-refractivity contribution >= 4 is 75.8 Å². The molecule has 0 bridgehead atoms. The molecule has 12 aromatic carbocycles. The number of furan rings is 1. The van der Waals surface area contributed by atoms with Crippen molar-refractivity contribution in [3.63, 3.8) is 0 Å². The minimum atomic E-state index is -0.635. The van der Waals surface area contributed by atoms with Crippen molar-refractivity contribution < 1.29 is 4.42 Å². The Morgan fingerprint density at radius 3 is 1.28 bits per heavy atom. The zero-order chi connectivity index (χ0) is 41.9. The lowest BCUT2D eigenvalue weighted by Gasteiger charge is -2.35. The first-order valence-electron chi connectivity index (χ1n) is 22.3. The molecule has 1 heteroatoms. The van der Waals surface area contributed by atoms with E-state index in [1.807, 2.05) is 6.07 Å². The Balaban J connectivity index is 1.17. The Hall–Kier alpha value is -8.26. The van der Waals surface area contributed by atoms with Crippen LogP contribution in [0.1, 0.15) is 22.3 Å². The second kappa shape index (κ2) is 13.4. The number of hydrogen-bond acceptors (Lipinski definition) is 1. The fraction of sp³-hybridized carbons (Fsp3) is 0.0159. The van der Waals surface area contributed by atoms with Gasteiger partial charge < -0.3 is 4.42 Å². The summed E-state index contributed by atoms with van der Waals surface area (Å²) in [6, 6.07) is 85.7. The molecule has 14 rings (SSSR count). The lowest BCUT2D eigenvalue weighted by atomic mass is 9.66. The van der Waals surface area contributed by atoms with Crippen molar-refractivity contribution in [2.45, 2.75) is 5.41 Å². The summed E-state index contributed by atoms with van der Waals surface area (Å²) in [4.78, 5) is 0. The number of para-hydroxylation sites is 1. The summed E-state index contributed by atoms with van der Waals surface area (Å²) in [5, 5.41) is 14.8. The maximum Gasteiger partial charge on any atom is 0.135 e. The molecule has 1 aliphatic rings. The van der Waals surface area contributed by atoms with Crippen LogP contribution in [0.2, 0.25) is 0 Å². The van der Waals surface area contributed by atoms with E-state index < -0.39 is 5.41 Å². The van der Waals surface area contributed by atoms with E-state index in [1.165, 1.54) is 109 Å². The Morgan fingerprint density at radius 2 is 0.688 bits per heavy atom. The van der Waals surface area contributed by atoms with Gasteiger partial charge in [0.25, 0.3) is 0 Å². The van der Waals surface area contributed by atoms with Crippen LogP contribution in [-0.2, 0) is 5.41 Å². The fourth-order valence-electron chi connectivity index (χ4n) is 11.8. The third-order valence-electron chi connectivity index (χ3n) is 14.3. The highest BCUT2D eigenvalue weighted by Crippen LogP contribution is 2.63. The van der Waals surface area contributed by atoms with Crippen LogP contribution in [-0.4, -0.2) is 0 Å². The molecule has 0 amide bonds. The summed E-state index contributed by atoms with van der Waals surface area (Å²) >= 11 is 0. The Kier molecular flexibility index (Phi) is 7.38. The highest BCUT2D eigenvalue weighted by Gasteiger charge is 2.49. The van der Waals surface area contributed by atoms with Crippen LogP contribution >= 0.6 is 0 Å². The van der Waals surface area contributed by atoms with E-state index in [9.17, 15) is 0 Å². The Labute approximate surface area is 370 Å². The van der Waals surface area contributed by atoms with E-state index in [-0.39, 0.29) is 0 Å². The zero-order valence-corrected chi connectivity index (χ0v) is 34.8. The predicted octanol–water partition coefficient (Wildman–Crippen LogP) is 17.0. The van der Waals surface area contributed by atoms with Crippen LogP contribution in [0, 0.1) is 0 Å². The summed E-state index contributed by atoms with van der Waals surface area (Å²) in [7, 11) is 0. The van der Waals surface area contributed by atoms with Crippen molar-refractivity contribution in [1.82, 2.24) is 0 Å². The fourth-order valence-corrected chi connectivity index (χ4v) is 11.8. The molecule has 0 fully saturated rings. The summed E-state index contributed by atoms with van der Waals surface area (Å²) in [6.07, 6.45) is 0. The van der Waals surface area contributed by atoms with Gasteiger partial charge in [0.1, 0.15) is 11.2 Å². The van der Waals surface area contributed by atoms with Gasteiger partial charge in [-0.25, -0.2) is 0 Å². The maximum atomic E-state index is 6.32. The van der Waals surface area contributed by atoms with Gasteiger partial charge in [0.15, 0.2) is 0 Å². The highest BCUT2D eigenvalue weighted by molar-refractivity contribution is 6.27. The van der Waals surface area contributed by atoms with Gasteiger partial charge >= 0.3 is 0 Å². The molecule has 1 nitrogen and oxygen atoms in total. The van der Waals surface area contributed by atoms with Gasteiger partial charge in [-0.15, -0.1) is 0 Å². The number of benzene rings is 12. The molecular formula is C63H38O. The molecule has 0 aliphatic heterocycles. The molecule has 0 saturated heterocycles. The molecule has 64 heavy (non-hydrogen) atoms. The predicted molar refractivity (Wildman–Crippen MR) is 269 cm³/mol. The number of fused-ring (bicyclic) bond motifs is 15. The quantitative estimate of drug-likeness (QED) is 0.127. The van der Waals surface area contributed by atoms with E-state index in [1.54, 1.807) is 0 Å². The Bertz CT molecular complexity index is 3960. The van der Waals surface area contributed by atoms with Gasteiger partial charge in [-0.3, -0.25) is 0 Å². The van der Waals surface area contributed by atoms with Crippen molar-refractivity contribution in [2.24, 2.45) is 0 Å². The molecule has 13 aromatic rings. The van der Waals surface area contributed by atoms with Crippen LogP contribution in [0.3, 0.4) is 0 Å². The summed E-state index contributed by atoms with van der Waals surface area (Å²) in [5.74, 6) is 0. The first-order valence-corrected chi connectivity index (χ1v) is 22.3. The second-order valence-corrected chi connectivity index (χ2v) is 17.4. The smallest absolute Gasteiger partial charge is 0.135 e. The van der Waals surface area contributed by atoms with E-state index in [2.05, 4.69) is 224 Å². The molecule has 1 heterocycles. The normalized spacial score (nSPS) is 13.1. The van der Waals surface area contributed by atoms with E-state index in [0.717, 1.165) is 21.9 Å². The SMILES string of the molecule is c1ccc(C2(c3ccccc3)c3cc(-c4c5ccccc5c(-c5ccc6oc7ccccc7c6c5)c5ccccc45)c4ccccc4c3-c3c2c2ccccc2c2ccccc32)cc1. The van der Waals surface area contributed by atoms with Gasteiger partial charge in [0.05, 0.1) is 5.41 Å². The minimum Gasteiger partial charge on any atom is -0.456 e. The molecule has 296 valence electrons. The Morgan fingerprint density at radius 1 is 0.266 bits per heavy atom. The van der Waals surface area contributed by atoms with Gasteiger partial charge in [-0.2, -0.15) is 0 Å². The third kappa shape index (κ3) is 4.68. The lowest BCUT2D eigenvalue weighted by molar-refractivity contribution is 0.669. The standard InChI is InChI=1S/C63H38O/c1-3-19-40(20-4-1)63(41-21-5-2-6-22-41)55-38-54(44-25-8-10-27-46(44)60(55)61-47-28-11-7-23-42(47)43-24-9-16-33-52(43)62(61)63)59-50-31-14-12-29-48(50)58(49-30-13-15-32-51(49)59)39-35-36-57-53(37-39)45-26-17-18-34-56(45)64-57/h1-38H. The monoisotopic (exact) mass is 810 g/mol. The minimum absolute atomic E-state index is 0.635. The van der Waals surface area contributed by atoms with Crippen molar-refractivity contribution in [1.29, 1.82) is 0 Å². The molecule has 1 aliphatic carbocycles. The second-order valence-electron chi connectivity index (χ2n) is 17.4. The van der Waals surface area contributed by atoms with E-state index in [4.69, 9.17) is 4.42 Å². The van der Waals surface area contributed by atoms with Gasteiger partial charge in [-0.1, -0.05) is 206 Å². The van der Waals surface area contributed by atoms with Crippen molar-refractivity contribution in [2.75, 3.05) is 0 Å². The van der Waals surface area contributed by atoms with Crippen molar-refractivity contribution in [3.05, 3.63) is 253 Å². The summed E-state index contributed by atoms with van der Waals surface area (Å²) in [6.45, 7) is 0. The van der Waals surface area contributed by atoms with Gasteiger partial charge in [-0.05, 0) is 134 Å². The van der Waals surface area contributed by atoms with Gasteiger partial charge in [0, 0.05) is 10.8 Å². The molecule has 0 radical (unpaired) electrons. The molecule has 0 N–H and O–H groups in total. The third-order valence-corrected chi connectivity index (χ3v) is 14.3. The zero-order valence-electron chi connectivity index (χ0n) is 34.8. The molecule has 0 saturated carbocycles. The van der Waals surface area contributed by atoms with Crippen LogP contribution in [0.4, 0.5) is 0 Å². The van der Waals surface area contributed by atoms with Crippen molar-refractivity contribution in [3.8, 4) is 33.4 Å². The van der Waals surface area contributed by atoms with E-state index in [0.29, 0.717) is 0 Å². The highest BCUT2D eigenvalue weighted by atomic mass is 16.3. The first kappa shape index (κ1) is 35.3.